The van der Waals surface area contributed by atoms with Gasteiger partial charge in [-0.1, -0.05) is 18.7 Å². The van der Waals surface area contributed by atoms with Gasteiger partial charge >= 0.3 is 0 Å². The van der Waals surface area contributed by atoms with Gasteiger partial charge in [0.15, 0.2) is 6.29 Å². The second-order valence-electron chi connectivity index (χ2n) is 8.66. The van der Waals surface area contributed by atoms with Gasteiger partial charge in [0.25, 0.3) is 0 Å². The molecule has 2 aliphatic rings. The van der Waals surface area contributed by atoms with E-state index in [1.165, 1.54) is 0 Å². The van der Waals surface area contributed by atoms with Gasteiger partial charge in [0.2, 0.25) is 0 Å². The average Bonchev–Trinajstić information content (AvgIpc) is 2.64. The van der Waals surface area contributed by atoms with Crippen molar-refractivity contribution in [3.05, 3.63) is 24.3 Å². The minimum atomic E-state index is -1.40. The van der Waals surface area contributed by atoms with Crippen LogP contribution in [0, 0.1) is 5.92 Å². The molecule has 0 radical (unpaired) electrons. The number of aliphatic hydroxyl groups excluding tert-OH is 5. The fourth-order valence-corrected chi connectivity index (χ4v) is 4.04. The Bertz CT molecular complexity index is 565. The topological polar surface area (TPSA) is 120 Å². The van der Waals surface area contributed by atoms with Gasteiger partial charge in [-0.15, -0.1) is 0 Å². The number of hydrogen-bond donors (Lipinski definition) is 5. The molecule has 7 heteroatoms. The molecular weight excluding hydrogens is 364 g/mol. The number of ether oxygens (including phenoxy) is 2. The first kappa shape index (κ1) is 23.5. The Balaban J connectivity index is 2.19. The van der Waals surface area contributed by atoms with Gasteiger partial charge in [-0.05, 0) is 64.4 Å². The van der Waals surface area contributed by atoms with Gasteiger partial charge in [-0.25, -0.2) is 0 Å². The maximum atomic E-state index is 10.4. The molecule has 0 aromatic rings. The third kappa shape index (κ3) is 5.21. The van der Waals surface area contributed by atoms with Crippen LogP contribution in [0.5, 0.6) is 0 Å². The molecule has 1 heterocycles. The molecular formula is C21H36O7. The molecule has 9 atom stereocenters. The van der Waals surface area contributed by atoms with Crippen molar-refractivity contribution in [2.45, 2.75) is 101 Å². The third-order valence-corrected chi connectivity index (χ3v) is 6.33. The van der Waals surface area contributed by atoms with Crippen LogP contribution in [0.15, 0.2) is 24.3 Å². The Hall–Kier alpha value is -0.800. The molecule has 0 amide bonds. The summed E-state index contributed by atoms with van der Waals surface area (Å²) in [5, 5.41) is 50.8. The zero-order chi connectivity index (χ0) is 21.2. The van der Waals surface area contributed by atoms with Gasteiger partial charge in [0, 0.05) is 0 Å². The van der Waals surface area contributed by atoms with Crippen LogP contribution in [-0.2, 0) is 9.47 Å². The Morgan fingerprint density at radius 1 is 1.25 bits per heavy atom. The largest absolute Gasteiger partial charge is 0.389 e. The highest BCUT2D eigenvalue weighted by atomic mass is 16.7. The van der Waals surface area contributed by atoms with Crippen LogP contribution >= 0.6 is 0 Å². The summed E-state index contributed by atoms with van der Waals surface area (Å²) >= 11 is 0. The first-order valence-electron chi connectivity index (χ1n) is 10.0. The summed E-state index contributed by atoms with van der Waals surface area (Å²) in [4.78, 5) is 0. The molecule has 1 saturated heterocycles. The maximum Gasteiger partial charge on any atom is 0.187 e. The summed E-state index contributed by atoms with van der Waals surface area (Å²) in [5.74, 6) is -0.0552. The van der Waals surface area contributed by atoms with Crippen molar-refractivity contribution in [2.24, 2.45) is 5.92 Å². The van der Waals surface area contributed by atoms with Crippen molar-refractivity contribution in [1.82, 2.24) is 0 Å². The monoisotopic (exact) mass is 400 g/mol. The van der Waals surface area contributed by atoms with Crippen LogP contribution < -0.4 is 0 Å². The van der Waals surface area contributed by atoms with E-state index < -0.39 is 48.5 Å². The highest BCUT2D eigenvalue weighted by Crippen LogP contribution is 2.41. The zero-order valence-electron chi connectivity index (χ0n) is 17.1. The van der Waals surface area contributed by atoms with E-state index >= 15 is 0 Å². The van der Waals surface area contributed by atoms with Crippen LogP contribution in [0.4, 0.5) is 0 Å². The van der Waals surface area contributed by atoms with E-state index in [9.17, 15) is 25.5 Å². The predicted octanol–water partition coefficient (Wildman–Crippen LogP) is 1.02. The Kier molecular flexibility index (Phi) is 7.83. The second-order valence-corrected chi connectivity index (χ2v) is 8.66. The van der Waals surface area contributed by atoms with Crippen molar-refractivity contribution in [3.63, 3.8) is 0 Å². The summed E-state index contributed by atoms with van der Waals surface area (Å²) in [6, 6.07) is 0. The lowest BCUT2D eigenvalue weighted by molar-refractivity contribution is -0.327. The molecule has 1 saturated carbocycles. The van der Waals surface area contributed by atoms with E-state index in [-0.39, 0.29) is 5.92 Å². The number of hydrogen-bond acceptors (Lipinski definition) is 7. The molecule has 1 aliphatic carbocycles. The van der Waals surface area contributed by atoms with E-state index in [0.717, 1.165) is 12.0 Å². The molecule has 2 unspecified atom stereocenters. The SMILES string of the molecule is C=C(C)C(O)CCC(C)(O[C@@H]1O[C@H](C)[C@H](O)[C@H](O)[C@H]1O)[C@H]1CCC(=C)[C@@H](O)C1. The molecule has 2 rings (SSSR count). The first-order chi connectivity index (χ1) is 13.0. The van der Waals surface area contributed by atoms with Crippen molar-refractivity contribution in [3.8, 4) is 0 Å². The first-order valence-corrected chi connectivity index (χ1v) is 10.0. The minimum absolute atomic E-state index is 0.0552. The fourth-order valence-electron chi connectivity index (χ4n) is 4.04. The molecule has 0 spiro atoms. The number of aliphatic hydroxyl groups is 5. The summed E-state index contributed by atoms with van der Waals surface area (Å²) in [5.41, 5.74) is 0.619. The van der Waals surface area contributed by atoms with Crippen LogP contribution in [0.3, 0.4) is 0 Å². The molecule has 5 N–H and O–H groups in total. The van der Waals surface area contributed by atoms with E-state index in [1.54, 1.807) is 13.8 Å². The average molecular weight is 401 g/mol. The lowest BCUT2D eigenvalue weighted by Crippen LogP contribution is -2.60. The van der Waals surface area contributed by atoms with Gasteiger partial charge in [0.1, 0.15) is 18.3 Å². The van der Waals surface area contributed by atoms with Gasteiger partial charge in [0.05, 0.1) is 23.9 Å². The predicted molar refractivity (Wildman–Crippen MR) is 104 cm³/mol. The molecule has 162 valence electrons. The van der Waals surface area contributed by atoms with Crippen molar-refractivity contribution < 1.29 is 35.0 Å². The van der Waals surface area contributed by atoms with E-state index in [2.05, 4.69) is 13.2 Å². The van der Waals surface area contributed by atoms with Crippen LogP contribution in [0.1, 0.15) is 52.9 Å². The van der Waals surface area contributed by atoms with Crippen LogP contribution in [-0.4, -0.2) is 74.0 Å². The second kappa shape index (κ2) is 9.34. The molecule has 0 aromatic carbocycles. The van der Waals surface area contributed by atoms with Crippen molar-refractivity contribution in [1.29, 1.82) is 0 Å². The zero-order valence-corrected chi connectivity index (χ0v) is 17.1. The third-order valence-electron chi connectivity index (χ3n) is 6.33. The summed E-state index contributed by atoms with van der Waals surface area (Å²) in [6.45, 7) is 12.9. The highest BCUT2D eigenvalue weighted by molar-refractivity contribution is 5.09. The lowest BCUT2D eigenvalue weighted by atomic mass is 9.73. The van der Waals surface area contributed by atoms with E-state index in [0.29, 0.717) is 31.3 Å². The molecule has 0 aromatic heterocycles. The lowest BCUT2D eigenvalue weighted by Gasteiger charge is -2.47. The van der Waals surface area contributed by atoms with Gasteiger partial charge in [-0.3, -0.25) is 0 Å². The Morgan fingerprint density at radius 3 is 2.46 bits per heavy atom. The normalized spacial score (nSPS) is 40.0. The number of rotatable bonds is 7. The quantitative estimate of drug-likeness (QED) is 0.405. The fraction of sp³-hybridized carbons (Fsp3) is 0.810. The Morgan fingerprint density at radius 2 is 1.89 bits per heavy atom. The maximum absolute atomic E-state index is 10.4. The Labute approximate surface area is 167 Å². The van der Waals surface area contributed by atoms with Crippen LogP contribution in [0.2, 0.25) is 0 Å². The molecule has 28 heavy (non-hydrogen) atoms. The molecule has 0 bridgehead atoms. The molecule has 1 aliphatic heterocycles. The minimum Gasteiger partial charge on any atom is -0.389 e. The van der Waals surface area contributed by atoms with Gasteiger partial charge < -0.3 is 35.0 Å². The van der Waals surface area contributed by atoms with E-state index in [4.69, 9.17) is 9.47 Å². The summed E-state index contributed by atoms with van der Waals surface area (Å²) in [7, 11) is 0. The standard InChI is InChI=1S/C21H36O7/c1-11(2)15(22)8-9-21(5,14-7-6-12(3)16(23)10-14)28-20-19(26)18(25)17(24)13(4)27-20/h13-20,22-26H,1,3,6-10H2,2,4-5H3/t13-,14+,15?,16+,17+,18+,19-,20+,21?/m1/s1. The summed E-state index contributed by atoms with van der Waals surface area (Å²) in [6.07, 6.45) is -4.39. The molecule has 7 nitrogen and oxygen atoms in total. The van der Waals surface area contributed by atoms with Gasteiger partial charge in [-0.2, -0.15) is 0 Å². The van der Waals surface area contributed by atoms with Crippen molar-refractivity contribution >= 4 is 0 Å². The van der Waals surface area contributed by atoms with Crippen molar-refractivity contribution in [2.75, 3.05) is 0 Å². The summed E-state index contributed by atoms with van der Waals surface area (Å²) < 4.78 is 11.8. The molecule has 2 fully saturated rings. The highest BCUT2D eigenvalue weighted by Gasteiger charge is 2.47. The van der Waals surface area contributed by atoms with Crippen LogP contribution in [0.25, 0.3) is 0 Å². The van der Waals surface area contributed by atoms with E-state index in [1.807, 2.05) is 6.92 Å². The smallest absolute Gasteiger partial charge is 0.187 e.